The van der Waals surface area contributed by atoms with E-state index in [-0.39, 0.29) is 18.5 Å². The smallest absolute Gasteiger partial charge is 0.322 e. The van der Waals surface area contributed by atoms with Crippen molar-refractivity contribution in [3.8, 4) is 5.75 Å². The van der Waals surface area contributed by atoms with Gasteiger partial charge in [-0.25, -0.2) is 9.78 Å². The summed E-state index contributed by atoms with van der Waals surface area (Å²) < 4.78 is 10.3. The van der Waals surface area contributed by atoms with Gasteiger partial charge in [0.2, 0.25) is 0 Å². The fraction of sp³-hybridized carbons (Fsp3) is 0.522. The lowest BCUT2D eigenvalue weighted by Gasteiger charge is -2.26. The quantitative estimate of drug-likeness (QED) is 0.519. The van der Waals surface area contributed by atoms with Crippen LogP contribution in [0.5, 0.6) is 5.75 Å². The Hall–Kier alpha value is -2.69. The Balaban J connectivity index is 1.52. The summed E-state index contributed by atoms with van der Waals surface area (Å²) in [5, 5.41) is 8.26. The predicted molar refractivity (Wildman–Crippen MR) is 129 cm³/mol. The number of hydrogen-bond donors (Lipinski definition) is 2. The number of ether oxygens (including phenoxy) is 2. The Morgan fingerprint density at radius 2 is 1.91 bits per heavy atom. The van der Waals surface area contributed by atoms with Crippen molar-refractivity contribution in [2.24, 2.45) is 0 Å². The molecule has 3 amide bonds. The van der Waals surface area contributed by atoms with Crippen LogP contribution in [0.15, 0.2) is 29.6 Å². The summed E-state index contributed by atoms with van der Waals surface area (Å²) in [6.07, 6.45) is 3.76. The molecule has 2 aromatic rings. The van der Waals surface area contributed by atoms with E-state index in [0.717, 1.165) is 19.6 Å². The number of carbonyl (C=O) groups is 2. The minimum Gasteiger partial charge on any atom is -0.497 e. The molecule has 10 heteroatoms. The van der Waals surface area contributed by atoms with Gasteiger partial charge in [0.15, 0.2) is 0 Å². The number of amides is 3. The molecule has 1 aromatic carbocycles. The van der Waals surface area contributed by atoms with E-state index in [0.29, 0.717) is 41.8 Å². The first-order valence-electron chi connectivity index (χ1n) is 11.2. The highest BCUT2D eigenvalue weighted by atomic mass is 32.1. The molecular weight excluding hydrogens is 442 g/mol. The van der Waals surface area contributed by atoms with Crippen LogP contribution >= 0.6 is 11.3 Å². The number of anilines is 1. The highest BCUT2D eigenvalue weighted by Crippen LogP contribution is 2.17. The van der Waals surface area contributed by atoms with Crippen molar-refractivity contribution < 1.29 is 19.1 Å². The summed E-state index contributed by atoms with van der Waals surface area (Å²) in [5.41, 5.74) is 1.05. The lowest BCUT2D eigenvalue weighted by atomic mass is 10.1. The van der Waals surface area contributed by atoms with E-state index in [1.807, 2.05) is 0 Å². The molecule has 0 spiro atoms. The highest BCUT2D eigenvalue weighted by molar-refractivity contribution is 7.09. The summed E-state index contributed by atoms with van der Waals surface area (Å²) in [7, 11) is 3.19. The molecule has 1 aliphatic heterocycles. The van der Waals surface area contributed by atoms with E-state index in [2.05, 4.69) is 20.5 Å². The number of likely N-dealkylation sites (tertiary alicyclic amines) is 1. The third kappa shape index (κ3) is 7.99. The number of methoxy groups -OCH3 is 2. The van der Waals surface area contributed by atoms with Crippen LogP contribution in [0, 0.1) is 0 Å². The van der Waals surface area contributed by atoms with Crippen molar-refractivity contribution in [2.75, 3.05) is 58.9 Å². The predicted octanol–water partition coefficient (Wildman–Crippen LogP) is 3.05. The molecule has 0 aliphatic carbocycles. The fourth-order valence-corrected chi connectivity index (χ4v) is 4.37. The van der Waals surface area contributed by atoms with Gasteiger partial charge < -0.3 is 29.9 Å². The Kier molecular flexibility index (Phi) is 9.92. The molecule has 3 rings (SSSR count). The van der Waals surface area contributed by atoms with Gasteiger partial charge in [-0.1, -0.05) is 6.42 Å². The number of benzene rings is 1. The van der Waals surface area contributed by atoms with Crippen molar-refractivity contribution in [2.45, 2.75) is 25.8 Å². The minimum absolute atomic E-state index is 0.180. The molecule has 2 N–H and O–H groups in total. The van der Waals surface area contributed by atoms with E-state index in [9.17, 15) is 9.59 Å². The monoisotopic (exact) mass is 475 g/mol. The molecule has 1 aliphatic rings. The van der Waals surface area contributed by atoms with E-state index in [1.165, 1.54) is 30.6 Å². The topological polar surface area (TPSA) is 96.0 Å². The third-order valence-corrected chi connectivity index (χ3v) is 6.30. The van der Waals surface area contributed by atoms with Crippen LogP contribution in [0.25, 0.3) is 0 Å². The first-order valence-corrected chi connectivity index (χ1v) is 12.1. The SMILES string of the molecule is COCCN(Cc1nc(C(=O)NCCN2CCCCC2)cs1)C(=O)Nc1ccc(OC)cc1. The summed E-state index contributed by atoms with van der Waals surface area (Å²) >= 11 is 1.37. The second-order valence-corrected chi connectivity index (χ2v) is 8.80. The molecule has 0 radical (unpaired) electrons. The Bertz CT molecular complexity index is 883. The van der Waals surface area contributed by atoms with Gasteiger partial charge in [-0.15, -0.1) is 11.3 Å². The van der Waals surface area contributed by atoms with E-state index >= 15 is 0 Å². The summed E-state index contributed by atoms with van der Waals surface area (Å²) in [5.74, 6) is 0.536. The van der Waals surface area contributed by atoms with Gasteiger partial charge in [-0.05, 0) is 50.2 Å². The molecule has 1 fully saturated rings. The number of rotatable bonds is 11. The van der Waals surface area contributed by atoms with Crippen molar-refractivity contribution in [1.29, 1.82) is 0 Å². The second kappa shape index (κ2) is 13.1. The summed E-state index contributed by atoms with van der Waals surface area (Å²) in [4.78, 5) is 33.8. The standard InChI is InChI=1S/C23H33N5O4S/c1-31-15-14-28(23(30)25-18-6-8-19(32-2)9-7-18)16-21-26-20(17-33-21)22(29)24-10-13-27-11-4-3-5-12-27/h6-9,17H,3-5,10-16H2,1-2H3,(H,24,29)(H,25,30). The number of urea groups is 1. The Morgan fingerprint density at radius 3 is 2.61 bits per heavy atom. The zero-order valence-electron chi connectivity index (χ0n) is 19.3. The van der Waals surface area contributed by atoms with E-state index < -0.39 is 0 Å². The van der Waals surface area contributed by atoms with Gasteiger partial charge in [-0.2, -0.15) is 0 Å². The molecule has 180 valence electrons. The van der Waals surface area contributed by atoms with Crippen LogP contribution in [0.4, 0.5) is 10.5 Å². The maximum atomic E-state index is 12.8. The molecule has 9 nitrogen and oxygen atoms in total. The van der Waals surface area contributed by atoms with Crippen molar-refractivity contribution >= 4 is 29.0 Å². The van der Waals surface area contributed by atoms with Crippen LogP contribution in [-0.4, -0.2) is 80.3 Å². The number of nitrogens with one attached hydrogen (secondary N) is 2. The van der Waals surface area contributed by atoms with Crippen molar-refractivity contribution in [3.05, 3.63) is 40.3 Å². The average Bonchev–Trinajstić information content (AvgIpc) is 3.31. The molecule has 1 saturated heterocycles. The Labute approximate surface area is 199 Å². The lowest BCUT2D eigenvalue weighted by Crippen LogP contribution is -2.38. The lowest BCUT2D eigenvalue weighted by molar-refractivity contribution is 0.0942. The molecule has 0 saturated carbocycles. The molecule has 1 aromatic heterocycles. The zero-order chi connectivity index (χ0) is 23.5. The summed E-state index contributed by atoms with van der Waals surface area (Å²) in [6, 6.07) is 6.86. The van der Waals surface area contributed by atoms with Crippen LogP contribution in [-0.2, 0) is 11.3 Å². The first-order chi connectivity index (χ1) is 16.1. The number of piperidine rings is 1. The number of thiazole rings is 1. The van der Waals surface area contributed by atoms with Crippen LogP contribution in [0.1, 0.15) is 34.8 Å². The maximum Gasteiger partial charge on any atom is 0.322 e. The van der Waals surface area contributed by atoms with Crippen LogP contribution in [0.2, 0.25) is 0 Å². The van der Waals surface area contributed by atoms with Gasteiger partial charge >= 0.3 is 6.03 Å². The van der Waals surface area contributed by atoms with Crippen molar-refractivity contribution in [3.63, 3.8) is 0 Å². The van der Waals surface area contributed by atoms with Gasteiger partial charge in [0.1, 0.15) is 16.5 Å². The van der Waals surface area contributed by atoms with Crippen LogP contribution < -0.4 is 15.4 Å². The fourth-order valence-electron chi connectivity index (χ4n) is 3.58. The van der Waals surface area contributed by atoms with Gasteiger partial charge in [0.05, 0.1) is 20.3 Å². The minimum atomic E-state index is -0.264. The molecule has 0 bridgehead atoms. The van der Waals surface area contributed by atoms with Crippen molar-refractivity contribution in [1.82, 2.24) is 20.1 Å². The van der Waals surface area contributed by atoms with Gasteiger partial charge in [0.25, 0.3) is 5.91 Å². The normalized spacial score (nSPS) is 14.0. The third-order valence-electron chi connectivity index (χ3n) is 5.47. The molecular formula is C23H33N5O4S. The first kappa shape index (κ1) is 24.9. The molecule has 0 atom stereocenters. The van der Waals surface area contributed by atoms with Crippen LogP contribution in [0.3, 0.4) is 0 Å². The second-order valence-electron chi connectivity index (χ2n) is 7.86. The number of carbonyl (C=O) groups excluding carboxylic acids is 2. The number of hydrogen-bond acceptors (Lipinski definition) is 7. The zero-order valence-corrected chi connectivity index (χ0v) is 20.2. The Morgan fingerprint density at radius 1 is 1.15 bits per heavy atom. The number of aromatic nitrogens is 1. The summed E-state index contributed by atoms with van der Waals surface area (Å²) in [6.45, 7) is 4.76. The largest absolute Gasteiger partial charge is 0.497 e. The van der Waals surface area contributed by atoms with E-state index in [1.54, 1.807) is 48.8 Å². The highest BCUT2D eigenvalue weighted by Gasteiger charge is 2.18. The van der Waals surface area contributed by atoms with Gasteiger partial charge in [-0.3, -0.25) is 4.79 Å². The number of nitrogens with zero attached hydrogens (tertiary/aromatic N) is 3. The molecule has 2 heterocycles. The maximum absolute atomic E-state index is 12.8. The molecule has 0 unspecified atom stereocenters. The van der Waals surface area contributed by atoms with E-state index in [4.69, 9.17) is 9.47 Å². The molecule has 33 heavy (non-hydrogen) atoms. The van der Waals surface area contributed by atoms with Gasteiger partial charge in [0, 0.05) is 37.8 Å². The average molecular weight is 476 g/mol.